The van der Waals surface area contributed by atoms with Crippen molar-refractivity contribution in [3.8, 4) is 0 Å². The molecule has 0 atom stereocenters. The van der Waals surface area contributed by atoms with Crippen molar-refractivity contribution in [1.82, 2.24) is 4.67 Å². The van der Waals surface area contributed by atoms with E-state index in [0.29, 0.717) is 0 Å². The van der Waals surface area contributed by atoms with Crippen LogP contribution in [0.5, 0.6) is 0 Å². The highest BCUT2D eigenvalue weighted by Crippen LogP contribution is 2.15. The predicted octanol–water partition coefficient (Wildman–Crippen LogP) is 3.64. The smallest absolute Gasteiger partial charge is 0.169 e. The second-order valence-corrected chi connectivity index (χ2v) is 11.5. The molecule has 0 aliphatic carbocycles. The van der Waals surface area contributed by atoms with Gasteiger partial charge in [0.1, 0.15) is 11.6 Å². The van der Waals surface area contributed by atoms with Crippen LogP contribution in [0.3, 0.4) is 0 Å². The van der Waals surface area contributed by atoms with Gasteiger partial charge in [-0.2, -0.15) is 5.10 Å². The fourth-order valence-corrected chi connectivity index (χ4v) is 3.17. The van der Waals surface area contributed by atoms with E-state index in [1.165, 1.54) is 12.5 Å². The molecule has 0 aliphatic rings. The summed E-state index contributed by atoms with van der Waals surface area (Å²) >= 11 is 0. The number of hydrazone groups is 1. The van der Waals surface area contributed by atoms with Crippen molar-refractivity contribution in [3.05, 3.63) is 35.9 Å². The van der Waals surface area contributed by atoms with Gasteiger partial charge in [0.25, 0.3) is 0 Å². The van der Waals surface area contributed by atoms with Crippen molar-refractivity contribution < 1.29 is 9.59 Å². The Morgan fingerprint density at radius 1 is 1.05 bits per heavy atom. The van der Waals surface area contributed by atoms with Gasteiger partial charge in [-0.1, -0.05) is 50.0 Å². The van der Waals surface area contributed by atoms with Crippen molar-refractivity contribution >= 4 is 25.5 Å². The highest BCUT2D eigenvalue weighted by molar-refractivity contribution is 6.73. The van der Waals surface area contributed by atoms with Gasteiger partial charge in [-0.3, -0.25) is 9.59 Å². The number of hydrogen-bond donors (Lipinski definition) is 0. The van der Waals surface area contributed by atoms with Crippen LogP contribution in [0.1, 0.15) is 32.3 Å². The molecule has 0 unspecified atom stereocenters. The van der Waals surface area contributed by atoms with Crippen LogP contribution in [0.2, 0.25) is 19.6 Å². The highest BCUT2D eigenvalue weighted by atomic mass is 28.3. The summed E-state index contributed by atoms with van der Waals surface area (Å²) in [5, 5.41) is 4.67. The van der Waals surface area contributed by atoms with Crippen molar-refractivity contribution in [3.63, 3.8) is 0 Å². The molecule has 1 aromatic carbocycles. The maximum Gasteiger partial charge on any atom is 0.169 e. The van der Waals surface area contributed by atoms with E-state index in [1.807, 2.05) is 25.1 Å². The van der Waals surface area contributed by atoms with E-state index in [9.17, 15) is 9.59 Å². The molecule has 0 amide bonds. The van der Waals surface area contributed by atoms with Gasteiger partial charge in [0, 0.05) is 12.1 Å². The number of benzene rings is 1. The van der Waals surface area contributed by atoms with Gasteiger partial charge in [-0.25, -0.2) is 0 Å². The number of carbonyl (C=O) groups excluding carboxylic acids is 2. The van der Waals surface area contributed by atoms with Crippen LogP contribution in [0.4, 0.5) is 0 Å². The van der Waals surface area contributed by atoms with E-state index in [-0.39, 0.29) is 24.4 Å². The van der Waals surface area contributed by atoms with Crippen LogP contribution in [0.15, 0.2) is 35.4 Å². The second kappa shape index (κ2) is 8.03. The number of carbonyl (C=O) groups is 2. The van der Waals surface area contributed by atoms with Gasteiger partial charge in [0.2, 0.25) is 0 Å². The zero-order chi connectivity index (χ0) is 16.8. The summed E-state index contributed by atoms with van der Waals surface area (Å²) in [6.07, 6.45) is 0.244. The van der Waals surface area contributed by atoms with E-state index >= 15 is 0 Å². The maximum atomic E-state index is 11.7. The van der Waals surface area contributed by atoms with Crippen molar-refractivity contribution in [2.75, 3.05) is 0 Å². The van der Waals surface area contributed by atoms with Gasteiger partial charge in [0.15, 0.2) is 8.24 Å². The molecule has 0 fully saturated rings. The third-order valence-corrected chi connectivity index (χ3v) is 4.95. The maximum absolute atomic E-state index is 11.7. The lowest BCUT2D eigenvalue weighted by Crippen LogP contribution is -2.42. The lowest BCUT2D eigenvalue weighted by molar-refractivity contribution is -0.125. The zero-order valence-corrected chi connectivity index (χ0v) is 15.2. The summed E-state index contributed by atoms with van der Waals surface area (Å²) in [5.41, 5.74) is 1.97. The molecule has 0 bridgehead atoms. The predicted molar refractivity (Wildman–Crippen MR) is 93.4 cm³/mol. The molecular formula is C17H26N2O2Si. The molecule has 5 heteroatoms. The van der Waals surface area contributed by atoms with Crippen LogP contribution in [-0.4, -0.2) is 30.2 Å². The topological polar surface area (TPSA) is 49.7 Å². The summed E-state index contributed by atoms with van der Waals surface area (Å²) < 4.78 is 2.12. The lowest BCUT2D eigenvalue weighted by atomic mass is 10.1. The van der Waals surface area contributed by atoms with Gasteiger partial charge < -0.3 is 4.67 Å². The van der Waals surface area contributed by atoms with Crippen molar-refractivity contribution in [2.45, 2.75) is 52.9 Å². The molecule has 0 N–H and O–H groups in total. The minimum absolute atomic E-state index is 0.00150. The molecule has 0 radical (unpaired) electrons. The average molecular weight is 318 g/mol. The largest absolute Gasteiger partial charge is 0.320 e. The number of Topliss-reactive ketones (excluding diaryl/α,β-unsaturated/α-hetero) is 2. The number of nitrogens with zero attached hydrogens (tertiary/aromatic N) is 2. The molecule has 22 heavy (non-hydrogen) atoms. The van der Waals surface area contributed by atoms with E-state index in [0.717, 1.165) is 12.3 Å². The summed E-state index contributed by atoms with van der Waals surface area (Å²) in [6.45, 7) is 10.7. The second-order valence-electron chi connectivity index (χ2n) is 6.64. The number of hydrogen-bond acceptors (Lipinski definition) is 4. The first-order valence-corrected chi connectivity index (χ1v) is 11.0. The Balaban J connectivity index is 2.82. The average Bonchev–Trinajstić information content (AvgIpc) is 2.36. The van der Waals surface area contributed by atoms with Gasteiger partial charge >= 0.3 is 0 Å². The first-order chi connectivity index (χ1) is 10.2. The summed E-state index contributed by atoms with van der Waals surface area (Å²) in [6, 6.07) is 10.2. The standard InChI is InChI=1S/C17H26N2O2Si/c1-14(11-17(21)12-15(2)20)18-19(22(3,4)5)13-16-9-7-6-8-10-16/h6-10H,11-13H2,1-5H3/b18-14+. The quantitative estimate of drug-likeness (QED) is 0.318. The number of ketones is 2. The lowest BCUT2D eigenvalue weighted by Gasteiger charge is -2.32. The molecular weight excluding hydrogens is 292 g/mol. The van der Waals surface area contributed by atoms with Crippen LogP contribution in [0.25, 0.3) is 0 Å². The van der Waals surface area contributed by atoms with E-state index in [1.54, 1.807) is 0 Å². The molecule has 1 rings (SSSR count). The fraction of sp³-hybridized carbons (Fsp3) is 0.471. The van der Waals surface area contributed by atoms with Gasteiger partial charge in [-0.15, -0.1) is 0 Å². The van der Waals surface area contributed by atoms with E-state index in [2.05, 4.69) is 41.5 Å². The molecule has 0 aromatic heterocycles. The van der Waals surface area contributed by atoms with E-state index in [4.69, 9.17) is 0 Å². The molecule has 0 heterocycles. The zero-order valence-electron chi connectivity index (χ0n) is 14.2. The normalized spacial score (nSPS) is 12.1. The molecule has 0 aliphatic heterocycles. The van der Waals surface area contributed by atoms with Crippen LogP contribution in [0, 0.1) is 0 Å². The first-order valence-electron chi connectivity index (χ1n) is 7.55. The molecule has 120 valence electrons. The summed E-state index contributed by atoms with van der Waals surface area (Å²) in [7, 11) is -1.65. The fourth-order valence-electron chi connectivity index (χ4n) is 2.05. The molecule has 0 saturated heterocycles. The van der Waals surface area contributed by atoms with E-state index < -0.39 is 8.24 Å². The minimum Gasteiger partial charge on any atom is -0.320 e. The third-order valence-electron chi connectivity index (χ3n) is 3.14. The van der Waals surface area contributed by atoms with Crippen molar-refractivity contribution in [2.24, 2.45) is 5.10 Å². The molecule has 0 saturated carbocycles. The SMILES string of the molecule is CC(=O)CC(=O)C/C(C)=N/N(Cc1ccccc1)[Si](C)(C)C. The molecule has 0 spiro atoms. The Kier molecular flexibility index (Phi) is 6.68. The van der Waals surface area contributed by atoms with Gasteiger partial charge in [0.05, 0.1) is 13.0 Å². The molecule has 4 nitrogen and oxygen atoms in total. The summed E-state index contributed by atoms with van der Waals surface area (Å²) in [4.78, 5) is 22.7. The Bertz CT molecular complexity index is 548. The van der Waals surface area contributed by atoms with Crippen LogP contribution >= 0.6 is 0 Å². The Morgan fingerprint density at radius 2 is 1.64 bits per heavy atom. The minimum atomic E-state index is -1.65. The van der Waals surface area contributed by atoms with Crippen LogP contribution < -0.4 is 0 Å². The monoisotopic (exact) mass is 318 g/mol. The number of rotatable bonds is 8. The van der Waals surface area contributed by atoms with Gasteiger partial charge in [-0.05, 0) is 19.4 Å². The van der Waals surface area contributed by atoms with Crippen molar-refractivity contribution in [1.29, 1.82) is 0 Å². The summed E-state index contributed by atoms with van der Waals surface area (Å²) in [5.74, 6) is -0.159. The Hall–Kier alpha value is -1.75. The van der Waals surface area contributed by atoms with Crippen LogP contribution in [-0.2, 0) is 16.1 Å². The Morgan fingerprint density at radius 3 is 2.14 bits per heavy atom. The third kappa shape index (κ3) is 6.80. The Labute approximate surface area is 134 Å². The first kappa shape index (κ1) is 18.3. The molecule has 1 aromatic rings. The highest BCUT2D eigenvalue weighted by Gasteiger charge is 2.23.